The molecule has 0 aromatic heterocycles. The summed E-state index contributed by atoms with van der Waals surface area (Å²) in [5, 5.41) is 0. The van der Waals surface area contributed by atoms with Crippen LogP contribution in [0.4, 0.5) is 10.1 Å². The maximum absolute atomic E-state index is 13.6. The highest BCUT2D eigenvalue weighted by molar-refractivity contribution is 5.54. The van der Waals surface area contributed by atoms with Gasteiger partial charge in [0.05, 0.1) is 12.7 Å². The molecule has 0 bridgehead atoms. The van der Waals surface area contributed by atoms with Gasteiger partial charge in [-0.25, -0.2) is 4.39 Å². The molecular formula is C13H19FN2O. The van der Waals surface area contributed by atoms with Gasteiger partial charge in [0.15, 0.2) is 0 Å². The van der Waals surface area contributed by atoms with E-state index in [4.69, 9.17) is 10.5 Å². The summed E-state index contributed by atoms with van der Waals surface area (Å²) in [4.78, 5) is 2.17. The third-order valence-corrected chi connectivity index (χ3v) is 3.23. The number of halogens is 1. The monoisotopic (exact) mass is 238 g/mol. The highest BCUT2D eigenvalue weighted by atomic mass is 19.1. The normalized spacial score (nSPS) is 20.6. The molecule has 0 saturated carbocycles. The highest BCUT2D eigenvalue weighted by Gasteiger charge is 2.21. The lowest BCUT2D eigenvalue weighted by molar-refractivity contribution is 0.0383. The Balaban J connectivity index is 2.24. The van der Waals surface area contributed by atoms with E-state index in [1.807, 2.05) is 6.07 Å². The van der Waals surface area contributed by atoms with Gasteiger partial charge in [0.1, 0.15) is 5.82 Å². The van der Waals surface area contributed by atoms with E-state index in [2.05, 4.69) is 11.8 Å². The van der Waals surface area contributed by atoms with Gasteiger partial charge in [-0.3, -0.25) is 0 Å². The van der Waals surface area contributed by atoms with Crippen molar-refractivity contribution in [1.82, 2.24) is 0 Å². The van der Waals surface area contributed by atoms with Gasteiger partial charge in [-0.1, -0.05) is 13.0 Å². The minimum Gasteiger partial charge on any atom is -0.375 e. The number of ether oxygens (including phenoxy) is 1. The number of hydrogen-bond acceptors (Lipinski definition) is 3. The molecule has 1 unspecified atom stereocenters. The predicted octanol–water partition coefficient (Wildman–Crippen LogP) is 1.90. The molecule has 1 aromatic carbocycles. The molecule has 0 aliphatic carbocycles. The third kappa shape index (κ3) is 2.58. The van der Waals surface area contributed by atoms with Crippen molar-refractivity contribution in [1.29, 1.82) is 0 Å². The lowest BCUT2D eigenvalue weighted by Gasteiger charge is -2.35. The van der Waals surface area contributed by atoms with Gasteiger partial charge in [0, 0.05) is 30.9 Å². The van der Waals surface area contributed by atoms with E-state index in [1.54, 1.807) is 6.07 Å². The van der Waals surface area contributed by atoms with Crippen molar-refractivity contribution in [3.8, 4) is 0 Å². The zero-order valence-electron chi connectivity index (χ0n) is 10.2. The van der Waals surface area contributed by atoms with E-state index in [-0.39, 0.29) is 18.5 Å². The molecule has 0 amide bonds. The average Bonchev–Trinajstić information content (AvgIpc) is 2.38. The molecule has 0 spiro atoms. The van der Waals surface area contributed by atoms with Crippen molar-refractivity contribution in [3.63, 3.8) is 0 Å². The summed E-state index contributed by atoms with van der Waals surface area (Å²) in [5.74, 6) is -0.218. The number of morpholine rings is 1. The van der Waals surface area contributed by atoms with Crippen molar-refractivity contribution in [2.24, 2.45) is 5.73 Å². The molecule has 17 heavy (non-hydrogen) atoms. The van der Waals surface area contributed by atoms with Crippen LogP contribution in [-0.4, -0.2) is 25.8 Å². The number of benzene rings is 1. The Labute approximate surface area is 101 Å². The Morgan fingerprint density at radius 1 is 1.53 bits per heavy atom. The number of nitrogens with two attached hydrogens (primary N) is 1. The van der Waals surface area contributed by atoms with Gasteiger partial charge in [-0.15, -0.1) is 0 Å². The van der Waals surface area contributed by atoms with Crippen LogP contribution < -0.4 is 10.6 Å². The van der Waals surface area contributed by atoms with Crippen molar-refractivity contribution < 1.29 is 9.13 Å². The van der Waals surface area contributed by atoms with Crippen LogP contribution in [0.5, 0.6) is 0 Å². The summed E-state index contributed by atoms with van der Waals surface area (Å²) >= 11 is 0. The predicted molar refractivity (Wildman–Crippen MR) is 66.5 cm³/mol. The van der Waals surface area contributed by atoms with E-state index in [0.717, 1.165) is 25.2 Å². The van der Waals surface area contributed by atoms with Gasteiger partial charge in [0.25, 0.3) is 0 Å². The number of rotatable bonds is 3. The second kappa shape index (κ2) is 5.47. The van der Waals surface area contributed by atoms with Crippen molar-refractivity contribution in [2.75, 3.05) is 24.6 Å². The smallest absolute Gasteiger partial charge is 0.129 e. The molecule has 1 fully saturated rings. The van der Waals surface area contributed by atoms with Crippen molar-refractivity contribution in [2.45, 2.75) is 26.0 Å². The maximum atomic E-state index is 13.6. The van der Waals surface area contributed by atoms with Gasteiger partial charge >= 0.3 is 0 Å². The number of nitrogens with zero attached hydrogens (tertiary/aromatic N) is 1. The van der Waals surface area contributed by atoms with E-state index >= 15 is 0 Å². The minimum atomic E-state index is -0.218. The highest BCUT2D eigenvalue weighted by Crippen LogP contribution is 2.25. The Kier molecular flexibility index (Phi) is 3.97. The second-order valence-electron chi connectivity index (χ2n) is 4.29. The average molecular weight is 238 g/mol. The first-order chi connectivity index (χ1) is 8.26. The molecule has 0 radical (unpaired) electrons. The Hall–Kier alpha value is -1.13. The Morgan fingerprint density at radius 3 is 3.06 bits per heavy atom. The third-order valence-electron chi connectivity index (χ3n) is 3.23. The van der Waals surface area contributed by atoms with Gasteiger partial charge < -0.3 is 15.4 Å². The Morgan fingerprint density at radius 2 is 2.35 bits per heavy atom. The van der Waals surface area contributed by atoms with E-state index < -0.39 is 0 Å². The SMILES string of the molecule is CCC1CN(c2cccc(F)c2CN)CCO1. The molecule has 1 saturated heterocycles. The molecule has 1 aliphatic rings. The van der Waals surface area contributed by atoms with Crippen LogP contribution in [0, 0.1) is 5.82 Å². The van der Waals surface area contributed by atoms with Crippen LogP contribution in [0.3, 0.4) is 0 Å². The maximum Gasteiger partial charge on any atom is 0.129 e. The van der Waals surface area contributed by atoms with Gasteiger partial charge in [-0.2, -0.15) is 0 Å². The second-order valence-corrected chi connectivity index (χ2v) is 4.29. The summed E-state index contributed by atoms with van der Waals surface area (Å²) in [6, 6.07) is 5.13. The summed E-state index contributed by atoms with van der Waals surface area (Å²) in [7, 11) is 0. The summed E-state index contributed by atoms with van der Waals surface area (Å²) in [6.45, 7) is 4.64. The van der Waals surface area contributed by atoms with Gasteiger partial charge in [0.2, 0.25) is 0 Å². The zero-order valence-corrected chi connectivity index (χ0v) is 10.2. The largest absolute Gasteiger partial charge is 0.375 e. The molecule has 1 heterocycles. The van der Waals surface area contributed by atoms with Crippen LogP contribution in [0.15, 0.2) is 18.2 Å². The molecule has 2 N–H and O–H groups in total. The Bertz CT molecular complexity index is 384. The molecular weight excluding hydrogens is 219 g/mol. The van der Waals surface area contributed by atoms with E-state index in [1.165, 1.54) is 6.07 Å². The van der Waals surface area contributed by atoms with Crippen LogP contribution in [0.2, 0.25) is 0 Å². The van der Waals surface area contributed by atoms with Crippen LogP contribution in [0.1, 0.15) is 18.9 Å². The topological polar surface area (TPSA) is 38.5 Å². The summed E-state index contributed by atoms with van der Waals surface area (Å²) in [5.41, 5.74) is 7.14. The fraction of sp³-hybridized carbons (Fsp3) is 0.538. The lowest BCUT2D eigenvalue weighted by Crippen LogP contribution is -2.42. The first kappa shape index (κ1) is 12.3. The quantitative estimate of drug-likeness (QED) is 0.874. The summed E-state index contributed by atoms with van der Waals surface area (Å²) in [6.07, 6.45) is 1.21. The molecule has 94 valence electrons. The van der Waals surface area contributed by atoms with Crippen LogP contribution >= 0.6 is 0 Å². The molecule has 3 nitrogen and oxygen atoms in total. The molecule has 1 atom stereocenters. The minimum absolute atomic E-state index is 0.218. The lowest BCUT2D eigenvalue weighted by atomic mass is 10.1. The van der Waals surface area contributed by atoms with Crippen LogP contribution in [0.25, 0.3) is 0 Å². The number of anilines is 1. The van der Waals surface area contributed by atoms with E-state index in [9.17, 15) is 4.39 Å². The van der Waals surface area contributed by atoms with E-state index in [0.29, 0.717) is 12.2 Å². The molecule has 1 aromatic rings. The van der Waals surface area contributed by atoms with Gasteiger partial charge in [-0.05, 0) is 18.6 Å². The van der Waals surface area contributed by atoms with Crippen molar-refractivity contribution >= 4 is 5.69 Å². The molecule has 1 aliphatic heterocycles. The standard InChI is InChI=1S/C13H19FN2O/c1-2-10-9-16(6-7-17-10)13-5-3-4-12(14)11(13)8-15/h3-5,10H,2,6-9,15H2,1H3. The summed E-state index contributed by atoms with van der Waals surface area (Å²) < 4.78 is 19.3. The molecule has 4 heteroatoms. The molecule has 2 rings (SSSR count). The zero-order chi connectivity index (χ0) is 12.3. The number of hydrogen-bond donors (Lipinski definition) is 1. The fourth-order valence-corrected chi connectivity index (χ4v) is 2.23. The first-order valence-corrected chi connectivity index (χ1v) is 6.10. The fourth-order valence-electron chi connectivity index (χ4n) is 2.23. The van der Waals surface area contributed by atoms with Crippen molar-refractivity contribution in [3.05, 3.63) is 29.6 Å². The van der Waals surface area contributed by atoms with Crippen LogP contribution in [-0.2, 0) is 11.3 Å². The first-order valence-electron chi connectivity index (χ1n) is 6.10.